The van der Waals surface area contributed by atoms with Gasteiger partial charge in [-0.2, -0.15) is 0 Å². The summed E-state index contributed by atoms with van der Waals surface area (Å²) in [7, 11) is 0. The molecule has 0 aliphatic heterocycles. The van der Waals surface area contributed by atoms with E-state index in [1.54, 1.807) is 18.2 Å². The van der Waals surface area contributed by atoms with Crippen molar-refractivity contribution in [2.75, 3.05) is 6.54 Å². The number of carbonyl (C=O) groups is 1. The van der Waals surface area contributed by atoms with Gasteiger partial charge in [0.1, 0.15) is 5.82 Å². The topological polar surface area (TPSA) is 59.8 Å². The molecule has 2 unspecified atom stereocenters. The highest BCUT2D eigenvalue weighted by molar-refractivity contribution is 8.00. The van der Waals surface area contributed by atoms with Crippen molar-refractivity contribution in [1.29, 1.82) is 0 Å². The summed E-state index contributed by atoms with van der Waals surface area (Å²) >= 11 is 1.32. The molecule has 174 valence electrons. The van der Waals surface area contributed by atoms with Crippen LogP contribution in [-0.4, -0.2) is 32.5 Å². The summed E-state index contributed by atoms with van der Waals surface area (Å²) in [6, 6.07) is 26.5. The lowest BCUT2D eigenvalue weighted by Crippen LogP contribution is -2.33. The summed E-state index contributed by atoms with van der Waals surface area (Å²) in [5.41, 5.74) is 2.60. The van der Waals surface area contributed by atoms with Gasteiger partial charge in [-0.1, -0.05) is 91.5 Å². The van der Waals surface area contributed by atoms with E-state index in [0.29, 0.717) is 29.6 Å². The molecule has 0 aliphatic rings. The Morgan fingerprint density at radius 2 is 1.59 bits per heavy atom. The van der Waals surface area contributed by atoms with E-state index in [9.17, 15) is 9.18 Å². The smallest absolute Gasteiger partial charge is 0.233 e. The SMILES string of the molecule is CC(Sc1nnc(-c2ccccc2F)n1Cc1ccccc1)C(=O)NCC(C)c1ccccc1. The molecule has 1 aromatic heterocycles. The zero-order valence-electron chi connectivity index (χ0n) is 19.2. The zero-order chi connectivity index (χ0) is 23.9. The molecule has 1 amide bonds. The molecule has 0 aliphatic carbocycles. The molecule has 34 heavy (non-hydrogen) atoms. The van der Waals surface area contributed by atoms with Crippen molar-refractivity contribution in [2.24, 2.45) is 0 Å². The second kappa shape index (κ2) is 11.1. The number of aromatic nitrogens is 3. The van der Waals surface area contributed by atoms with Gasteiger partial charge in [0.15, 0.2) is 11.0 Å². The Bertz CT molecular complexity index is 1230. The van der Waals surface area contributed by atoms with Crippen LogP contribution in [0.2, 0.25) is 0 Å². The summed E-state index contributed by atoms with van der Waals surface area (Å²) in [5.74, 6) is 0.211. The van der Waals surface area contributed by atoms with Crippen molar-refractivity contribution < 1.29 is 9.18 Å². The molecule has 7 heteroatoms. The average Bonchev–Trinajstić information content (AvgIpc) is 3.25. The minimum Gasteiger partial charge on any atom is -0.355 e. The molecule has 1 heterocycles. The molecule has 0 fully saturated rings. The lowest BCUT2D eigenvalue weighted by molar-refractivity contribution is -0.120. The molecule has 4 aromatic rings. The third kappa shape index (κ3) is 5.72. The minimum atomic E-state index is -0.393. The van der Waals surface area contributed by atoms with Crippen molar-refractivity contribution in [1.82, 2.24) is 20.1 Å². The molecule has 5 nitrogen and oxygen atoms in total. The van der Waals surface area contributed by atoms with E-state index in [4.69, 9.17) is 0 Å². The molecule has 3 aromatic carbocycles. The van der Waals surface area contributed by atoms with Crippen LogP contribution in [0.1, 0.15) is 30.9 Å². The Balaban J connectivity index is 1.51. The lowest BCUT2D eigenvalue weighted by atomic mass is 10.0. The van der Waals surface area contributed by atoms with Gasteiger partial charge in [-0.3, -0.25) is 9.36 Å². The van der Waals surface area contributed by atoms with Crippen molar-refractivity contribution >= 4 is 17.7 Å². The first kappa shape index (κ1) is 23.7. The predicted molar refractivity (Wildman–Crippen MR) is 134 cm³/mol. The summed E-state index contributed by atoms with van der Waals surface area (Å²) < 4.78 is 16.4. The highest BCUT2D eigenvalue weighted by Crippen LogP contribution is 2.29. The Hall–Kier alpha value is -3.45. The van der Waals surface area contributed by atoms with Crippen LogP contribution in [0.5, 0.6) is 0 Å². The van der Waals surface area contributed by atoms with Gasteiger partial charge in [-0.05, 0) is 36.1 Å². The lowest BCUT2D eigenvalue weighted by Gasteiger charge is -2.16. The zero-order valence-corrected chi connectivity index (χ0v) is 20.0. The Morgan fingerprint density at radius 1 is 0.941 bits per heavy atom. The number of thioether (sulfide) groups is 1. The van der Waals surface area contributed by atoms with Gasteiger partial charge in [-0.15, -0.1) is 10.2 Å². The van der Waals surface area contributed by atoms with Crippen LogP contribution >= 0.6 is 11.8 Å². The molecular weight excluding hydrogens is 447 g/mol. The van der Waals surface area contributed by atoms with Gasteiger partial charge >= 0.3 is 0 Å². The number of benzene rings is 3. The van der Waals surface area contributed by atoms with Crippen molar-refractivity contribution in [3.63, 3.8) is 0 Å². The van der Waals surface area contributed by atoms with Crippen LogP contribution in [0.15, 0.2) is 90.1 Å². The van der Waals surface area contributed by atoms with Crippen LogP contribution < -0.4 is 5.32 Å². The van der Waals surface area contributed by atoms with E-state index < -0.39 is 5.25 Å². The molecule has 4 rings (SSSR count). The van der Waals surface area contributed by atoms with E-state index in [2.05, 4.69) is 34.6 Å². The van der Waals surface area contributed by atoms with Gasteiger partial charge in [0.05, 0.1) is 17.4 Å². The summed E-state index contributed by atoms with van der Waals surface area (Å²) in [5, 5.41) is 11.8. The Labute approximate surface area is 203 Å². The first-order valence-corrected chi connectivity index (χ1v) is 12.1. The number of hydrogen-bond donors (Lipinski definition) is 1. The fourth-order valence-corrected chi connectivity index (χ4v) is 4.51. The number of hydrogen-bond acceptors (Lipinski definition) is 4. The van der Waals surface area contributed by atoms with E-state index in [1.807, 2.05) is 60.0 Å². The van der Waals surface area contributed by atoms with Gasteiger partial charge in [0.25, 0.3) is 0 Å². The third-order valence-electron chi connectivity index (χ3n) is 5.62. The fourth-order valence-electron chi connectivity index (χ4n) is 3.63. The minimum absolute atomic E-state index is 0.0746. The van der Waals surface area contributed by atoms with Crippen molar-refractivity contribution in [2.45, 2.75) is 36.7 Å². The van der Waals surface area contributed by atoms with Crippen LogP contribution in [0, 0.1) is 5.82 Å². The Morgan fingerprint density at radius 3 is 2.29 bits per heavy atom. The second-order valence-corrected chi connectivity index (χ2v) is 9.48. The standard InChI is InChI=1S/C27H27FN4OS/c1-19(22-13-7-4-8-14-22)17-29-26(33)20(2)34-27-31-30-25(23-15-9-10-16-24(23)28)32(27)18-21-11-5-3-6-12-21/h3-16,19-20H,17-18H2,1-2H3,(H,29,33). The van der Waals surface area contributed by atoms with E-state index in [0.717, 1.165) is 5.56 Å². The van der Waals surface area contributed by atoms with Crippen LogP contribution in [0.25, 0.3) is 11.4 Å². The fraction of sp³-hybridized carbons (Fsp3) is 0.222. The van der Waals surface area contributed by atoms with Gasteiger partial charge < -0.3 is 5.32 Å². The molecule has 2 atom stereocenters. The maximum Gasteiger partial charge on any atom is 0.233 e. The molecule has 0 radical (unpaired) electrons. The van der Waals surface area contributed by atoms with Gasteiger partial charge in [0.2, 0.25) is 5.91 Å². The first-order valence-electron chi connectivity index (χ1n) is 11.2. The second-order valence-electron chi connectivity index (χ2n) is 8.17. The number of carbonyl (C=O) groups excluding carboxylic acids is 1. The number of nitrogens with zero attached hydrogens (tertiary/aromatic N) is 3. The van der Waals surface area contributed by atoms with Crippen molar-refractivity contribution in [3.05, 3.63) is 102 Å². The molecule has 0 bridgehead atoms. The molecular formula is C27H27FN4OS. The molecule has 1 N–H and O–H groups in total. The monoisotopic (exact) mass is 474 g/mol. The van der Waals surface area contributed by atoms with E-state index in [1.165, 1.54) is 23.4 Å². The predicted octanol–water partition coefficient (Wildman–Crippen LogP) is 5.53. The summed E-state index contributed by atoms with van der Waals surface area (Å²) in [6.07, 6.45) is 0. The number of rotatable bonds is 9. The van der Waals surface area contributed by atoms with Crippen LogP contribution in [0.3, 0.4) is 0 Å². The quantitative estimate of drug-likeness (QED) is 0.324. The summed E-state index contributed by atoms with van der Waals surface area (Å²) in [4.78, 5) is 12.8. The van der Waals surface area contributed by atoms with Gasteiger partial charge in [0, 0.05) is 6.54 Å². The van der Waals surface area contributed by atoms with Crippen LogP contribution in [-0.2, 0) is 11.3 Å². The molecule has 0 spiro atoms. The van der Waals surface area contributed by atoms with Gasteiger partial charge in [-0.25, -0.2) is 4.39 Å². The van der Waals surface area contributed by atoms with E-state index >= 15 is 0 Å². The number of halogens is 1. The average molecular weight is 475 g/mol. The normalized spacial score (nSPS) is 12.8. The van der Waals surface area contributed by atoms with Crippen LogP contribution in [0.4, 0.5) is 4.39 Å². The highest BCUT2D eigenvalue weighted by Gasteiger charge is 2.22. The molecule has 0 saturated carbocycles. The largest absolute Gasteiger partial charge is 0.355 e. The first-order chi connectivity index (χ1) is 16.5. The number of nitrogens with one attached hydrogen (secondary N) is 1. The van der Waals surface area contributed by atoms with Crippen molar-refractivity contribution in [3.8, 4) is 11.4 Å². The maximum atomic E-state index is 14.6. The Kier molecular flexibility index (Phi) is 7.75. The third-order valence-corrected chi connectivity index (χ3v) is 6.70. The number of amides is 1. The van der Waals surface area contributed by atoms with E-state index in [-0.39, 0.29) is 17.6 Å². The maximum absolute atomic E-state index is 14.6. The summed E-state index contributed by atoms with van der Waals surface area (Å²) in [6.45, 7) is 4.95. The highest BCUT2D eigenvalue weighted by atomic mass is 32.2. The molecule has 0 saturated heterocycles.